The van der Waals surface area contributed by atoms with Gasteiger partial charge < -0.3 is 10.6 Å². The van der Waals surface area contributed by atoms with Crippen molar-refractivity contribution >= 4 is 50.0 Å². The van der Waals surface area contributed by atoms with Crippen LogP contribution in [0.15, 0.2) is 46.9 Å². The van der Waals surface area contributed by atoms with E-state index in [9.17, 15) is 9.59 Å². The van der Waals surface area contributed by atoms with Gasteiger partial charge in [0.1, 0.15) is 11.0 Å². The highest BCUT2D eigenvalue weighted by molar-refractivity contribution is 9.10. The lowest BCUT2D eigenvalue weighted by Gasteiger charge is -2.23. The number of urea groups is 1. The van der Waals surface area contributed by atoms with E-state index in [0.717, 1.165) is 27.6 Å². The van der Waals surface area contributed by atoms with Crippen LogP contribution in [0.4, 0.5) is 15.6 Å². The van der Waals surface area contributed by atoms with Crippen molar-refractivity contribution in [2.75, 3.05) is 10.6 Å². The van der Waals surface area contributed by atoms with E-state index in [-0.39, 0.29) is 11.8 Å². The zero-order chi connectivity index (χ0) is 23.3. The largest absolute Gasteiger partial charge is 0.326 e. The first kappa shape index (κ1) is 23.9. The highest BCUT2D eigenvalue weighted by Gasteiger charge is 2.27. The molecule has 0 aliphatic carbocycles. The van der Waals surface area contributed by atoms with E-state index in [1.165, 1.54) is 11.3 Å². The van der Waals surface area contributed by atoms with Crippen LogP contribution in [0.3, 0.4) is 0 Å². The van der Waals surface area contributed by atoms with Crippen LogP contribution in [-0.4, -0.2) is 28.2 Å². The van der Waals surface area contributed by atoms with Crippen molar-refractivity contribution < 1.29 is 9.59 Å². The molecule has 0 bridgehead atoms. The second kappa shape index (κ2) is 10.7. The third kappa shape index (κ3) is 5.92. The molecule has 1 heterocycles. The van der Waals surface area contributed by atoms with Gasteiger partial charge in [-0.15, -0.1) is 10.2 Å². The Morgan fingerprint density at radius 3 is 2.56 bits per heavy atom. The lowest BCUT2D eigenvalue weighted by atomic mass is 9.98. The fourth-order valence-corrected chi connectivity index (χ4v) is 4.23. The molecule has 3 N–H and O–H groups in total. The van der Waals surface area contributed by atoms with Crippen molar-refractivity contribution in [3.05, 3.63) is 58.1 Å². The number of nitrogens with zero attached hydrogens (tertiary/aromatic N) is 2. The Morgan fingerprint density at radius 1 is 1.09 bits per heavy atom. The van der Waals surface area contributed by atoms with Gasteiger partial charge in [-0.05, 0) is 49.1 Å². The minimum Gasteiger partial charge on any atom is -0.326 e. The Hall–Kier alpha value is -2.78. The summed E-state index contributed by atoms with van der Waals surface area (Å²) in [5.41, 5.74) is 3.69. The van der Waals surface area contributed by atoms with Gasteiger partial charge in [0.25, 0.3) is 0 Å². The normalized spacial score (nSPS) is 12.7. The first-order valence-corrected chi connectivity index (χ1v) is 11.9. The fraction of sp³-hybridized carbons (Fsp3) is 0.304. The van der Waals surface area contributed by atoms with E-state index in [0.29, 0.717) is 15.8 Å². The maximum atomic E-state index is 13.0. The molecule has 0 saturated heterocycles. The molecule has 168 valence electrons. The SMILES string of the molecule is CCC(C)C(NC(=O)Nc1cccc(C)c1C)C(=O)Nc1nnc(-c2cccc(Br)c2)s1. The zero-order valence-corrected chi connectivity index (χ0v) is 20.8. The molecule has 3 amide bonds. The lowest BCUT2D eigenvalue weighted by molar-refractivity contribution is -0.119. The maximum absolute atomic E-state index is 13.0. The molecule has 0 fully saturated rings. The Kier molecular flexibility index (Phi) is 7.98. The van der Waals surface area contributed by atoms with Crippen LogP contribution in [0.25, 0.3) is 10.6 Å². The van der Waals surface area contributed by atoms with E-state index >= 15 is 0 Å². The molecule has 3 aromatic rings. The summed E-state index contributed by atoms with van der Waals surface area (Å²) in [5, 5.41) is 17.8. The second-order valence-electron chi connectivity index (χ2n) is 7.62. The number of benzene rings is 2. The summed E-state index contributed by atoms with van der Waals surface area (Å²) in [5.74, 6) is -0.399. The van der Waals surface area contributed by atoms with Crippen LogP contribution in [-0.2, 0) is 4.79 Å². The Labute approximate surface area is 200 Å². The smallest absolute Gasteiger partial charge is 0.319 e. The van der Waals surface area contributed by atoms with Crippen LogP contribution >= 0.6 is 27.3 Å². The average molecular weight is 516 g/mol. The number of amides is 3. The van der Waals surface area contributed by atoms with Gasteiger partial charge >= 0.3 is 6.03 Å². The van der Waals surface area contributed by atoms with Gasteiger partial charge in [-0.25, -0.2) is 4.79 Å². The van der Waals surface area contributed by atoms with Gasteiger partial charge in [-0.3, -0.25) is 10.1 Å². The van der Waals surface area contributed by atoms with Gasteiger partial charge in [-0.1, -0.05) is 71.8 Å². The van der Waals surface area contributed by atoms with E-state index < -0.39 is 12.1 Å². The predicted molar refractivity (Wildman–Crippen MR) is 133 cm³/mol. The first-order chi connectivity index (χ1) is 15.3. The molecule has 0 spiro atoms. The average Bonchev–Trinajstić information content (AvgIpc) is 3.23. The number of anilines is 2. The highest BCUT2D eigenvalue weighted by Crippen LogP contribution is 2.28. The van der Waals surface area contributed by atoms with E-state index in [1.54, 1.807) is 0 Å². The topological polar surface area (TPSA) is 96.0 Å². The van der Waals surface area contributed by atoms with Crippen LogP contribution < -0.4 is 16.0 Å². The van der Waals surface area contributed by atoms with Crippen LogP contribution in [0, 0.1) is 19.8 Å². The summed E-state index contributed by atoms with van der Waals surface area (Å²) >= 11 is 4.73. The van der Waals surface area contributed by atoms with Gasteiger partial charge in [0.15, 0.2) is 0 Å². The van der Waals surface area contributed by atoms with Crippen molar-refractivity contribution in [2.24, 2.45) is 5.92 Å². The van der Waals surface area contributed by atoms with Gasteiger partial charge in [0.05, 0.1) is 0 Å². The van der Waals surface area contributed by atoms with E-state index in [2.05, 4.69) is 42.1 Å². The molecule has 2 atom stereocenters. The Morgan fingerprint density at radius 2 is 1.84 bits per heavy atom. The van der Waals surface area contributed by atoms with Crippen LogP contribution in [0.5, 0.6) is 0 Å². The number of carbonyl (C=O) groups excluding carboxylic acids is 2. The highest BCUT2D eigenvalue weighted by atomic mass is 79.9. The molecule has 2 unspecified atom stereocenters. The third-order valence-electron chi connectivity index (χ3n) is 5.36. The van der Waals surface area contributed by atoms with Crippen molar-refractivity contribution in [1.82, 2.24) is 15.5 Å². The number of halogens is 1. The Balaban J connectivity index is 1.70. The van der Waals surface area contributed by atoms with Crippen molar-refractivity contribution in [3.63, 3.8) is 0 Å². The molecule has 2 aromatic carbocycles. The predicted octanol–water partition coefficient (Wildman–Crippen LogP) is 5.76. The van der Waals surface area contributed by atoms with Crippen molar-refractivity contribution in [1.29, 1.82) is 0 Å². The summed E-state index contributed by atoms with van der Waals surface area (Å²) in [7, 11) is 0. The third-order valence-corrected chi connectivity index (χ3v) is 6.74. The molecule has 32 heavy (non-hydrogen) atoms. The minimum absolute atomic E-state index is 0.0724. The number of hydrogen-bond acceptors (Lipinski definition) is 5. The Bertz CT molecular complexity index is 1120. The van der Waals surface area contributed by atoms with Crippen LogP contribution in [0.2, 0.25) is 0 Å². The van der Waals surface area contributed by atoms with Crippen molar-refractivity contribution in [2.45, 2.75) is 40.2 Å². The monoisotopic (exact) mass is 515 g/mol. The molecule has 0 aliphatic heterocycles. The summed E-state index contributed by atoms with van der Waals surface area (Å²) in [6.07, 6.45) is 0.723. The summed E-state index contributed by atoms with van der Waals surface area (Å²) in [6, 6.07) is 12.3. The first-order valence-electron chi connectivity index (χ1n) is 10.3. The molecule has 3 rings (SSSR count). The summed E-state index contributed by atoms with van der Waals surface area (Å²) < 4.78 is 0.937. The molecule has 1 aromatic heterocycles. The molecule has 0 aliphatic rings. The van der Waals surface area contributed by atoms with Gasteiger partial charge in [-0.2, -0.15) is 0 Å². The zero-order valence-electron chi connectivity index (χ0n) is 18.4. The lowest BCUT2D eigenvalue weighted by Crippen LogP contribution is -2.49. The number of aryl methyl sites for hydroxylation is 1. The standard InChI is InChI=1S/C23H26BrN5O2S/c1-5-13(2)19(26-22(31)25-18-11-6-8-14(3)15(18)4)20(30)27-23-29-28-21(32-23)16-9-7-10-17(24)12-16/h6-13,19H,5H2,1-4H3,(H2,25,26,31)(H,27,29,30). The second-order valence-corrected chi connectivity index (χ2v) is 9.51. The molecule has 0 saturated carbocycles. The minimum atomic E-state index is -0.719. The molecule has 7 nitrogen and oxygen atoms in total. The number of aromatic nitrogens is 2. The maximum Gasteiger partial charge on any atom is 0.319 e. The quantitative estimate of drug-likeness (QED) is 0.372. The van der Waals surface area contributed by atoms with Crippen LogP contribution in [0.1, 0.15) is 31.4 Å². The van der Waals surface area contributed by atoms with E-state index in [1.807, 2.05) is 70.2 Å². The van der Waals surface area contributed by atoms with Gasteiger partial charge in [0.2, 0.25) is 11.0 Å². The van der Waals surface area contributed by atoms with Crippen molar-refractivity contribution in [3.8, 4) is 10.6 Å². The van der Waals surface area contributed by atoms with E-state index in [4.69, 9.17) is 0 Å². The molecule has 9 heteroatoms. The fourth-order valence-electron chi connectivity index (χ4n) is 3.08. The molecular formula is C23H26BrN5O2S. The molecule has 0 radical (unpaired) electrons. The number of nitrogens with one attached hydrogen (secondary N) is 3. The number of rotatable bonds is 7. The van der Waals surface area contributed by atoms with Gasteiger partial charge in [0, 0.05) is 15.7 Å². The summed E-state index contributed by atoms with van der Waals surface area (Å²) in [4.78, 5) is 25.7. The number of hydrogen-bond donors (Lipinski definition) is 3. The summed E-state index contributed by atoms with van der Waals surface area (Å²) in [6.45, 7) is 7.83. The molecular weight excluding hydrogens is 490 g/mol. The number of carbonyl (C=O) groups is 2.